The Morgan fingerprint density at radius 2 is 2.00 bits per heavy atom. The SMILES string of the molecule is CC1C=CC(N)=C2C=CC=CC21. The van der Waals surface area contributed by atoms with Crippen LogP contribution in [0.1, 0.15) is 6.92 Å². The fraction of sp³-hybridized carbons (Fsp3) is 0.273. The first-order valence-corrected chi connectivity index (χ1v) is 4.32. The van der Waals surface area contributed by atoms with Crippen molar-refractivity contribution < 1.29 is 0 Å². The van der Waals surface area contributed by atoms with E-state index in [2.05, 4.69) is 31.2 Å². The average molecular weight is 159 g/mol. The van der Waals surface area contributed by atoms with Crippen LogP contribution in [0.25, 0.3) is 0 Å². The quantitative estimate of drug-likeness (QED) is 0.575. The van der Waals surface area contributed by atoms with E-state index < -0.39 is 0 Å². The zero-order valence-electron chi connectivity index (χ0n) is 7.20. The minimum Gasteiger partial charge on any atom is -0.398 e. The van der Waals surface area contributed by atoms with Crippen LogP contribution in [0.5, 0.6) is 0 Å². The normalized spacial score (nSPS) is 32.4. The molecule has 0 spiro atoms. The topological polar surface area (TPSA) is 26.0 Å². The number of rotatable bonds is 0. The molecular weight excluding hydrogens is 146 g/mol. The smallest absolute Gasteiger partial charge is 0.0349 e. The van der Waals surface area contributed by atoms with Crippen LogP contribution in [0.15, 0.2) is 47.7 Å². The van der Waals surface area contributed by atoms with Crippen LogP contribution < -0.4 is 5.73 Å². The van der Waals surface area contributed by atoms with Gasteiger partial charge in [-0.3, -0.25) is 0 Å². The monoisotopic (exact) mass is 159 g/mol. The standard InChI is InChI=1S/C11H13N/c1-8-6-7-11(12)10-5-3-2-4-9(8)10/h2-9H,12H2,1H3. The number of allylic oxidation sites excluding steroid dienone is 7. The molecule has 2 aliphatic carbocycles. The largest absolute Gasteiger partial charge is 0.398 e. The Morgan fingerprint density at radius 3 is 2.75 bits per heavy atom. The average Bonchev–Trinajstić information content (AvgIpc) is 2.12. The van der Waals surface area contributed by atoms with Gasteiger partial charge in [-0.05, 0) is 17.6 Å². The minimum absolute atomic E-state index is 0.500. The molecule has 0 amide bonds. The molecule has 2 unspecified atom stereocenters. The molecule has 12 heavy (non-hydrogen) atoms. The van der Waals surface area contributed by atoms with Crippen molar-refractivity contribution in [3.05, 3.63) is 47.7 Å². The molecule has 0 aromatic rings. The van der Waals surface area contributed by atoms with Crippen molar-refractivity contribution in [3.8, 4) is 0 Å². The van der Waals surface area contributed by atoms with Crippen LogP contribution in [0, 0.1) is 11.8 Å². The Kier molecular flexibility index (Phi) is 1.65. The second-order valence-corrected chi connectivity index (χ2v) is 3.40. The molecule has 2 rings (SSSR count). The van der Waals surface area contributed by atoms with Gasteiger partial charge in [-0.15, -0.1) is 0 Å². The molecule has 2 atom stereocenters. The van der Waals surface area contributed by atoms with Crippen molar-refractivity contribution in [2.75, 3.05) is 0 Å². The van der Waals surface area contributed by atoms with E-state index in [-0.39, 0.29) is 0 Å². The van der Waals surface area contributed by atoms with Crippen LogP contribution in [0.2, 0.25) is 0 Å². The Labute approximate surface area is 73.0 Å². The minimum atomic E-state index is 0.500. The zero-order chi connectivity index (χ0) is 8.55. The van der Waals surface area contributed by atoms with Crippen molar-refractivity contribution in [2.24, 2.45) is 17.6 Å². The van der Waals surface area contributed by atoms with E-state index in [4.69, 9.17) is 5.73 Å². The summed E-state index contributed by atoms with van der Waals surface area (Å²) in [6.07, 6.45) is 12.7. The fourth-order valence-electron chi connectivity index (χ4n) is 1.78. The molecule has 2 aliphatic rings. The molecule has 0 heterocycles. The highest BCUT2D eigenvalue weighted by Gasteiger charge is 2.21. The molecule has 0 bridgehead atoms. The third kappa shape index (κ3) is 1.02. The van der Waals surface area contributed by atoms with Gasteiger partial charge < -0.3 is 5.73 Å². The lowest BCUT2D eigenvalue weighted by Gasteiger charge is -2.26. The Balaban J connectivity index is 2.44. The van der Waals surface area contributed by atoms with E-state index in [0.717, 1.165) is 5.70 Å². The van der Waals surface area contributed by atoms with Gasteiger partial charge in [0.2, 0.25) is 0 Å². The Morgan fingerprint density at radius 1 is 1.17 bits per heavy atom. The third-order valence-corrected chi connectivity index (χ3v) is 2.54. The molecule has 0 saturated carbocycles. The summed E-state index contributed by atoms with van der Waals surface area (Å²) in [6.45, 7) is 2.22. The van der Waals surface area contributed by atoms with Crippen molar-refractivity contribution in [1.82, 2.24) is 0 Å². The van der Waals surface area contributed by atoms with Crippen LogP contribution in [0.4, 0.5) is 0 Å². The molecule has 2 N–H and O–H groups in total. The number of hydrogen-bond donors (Lipinski definition) is 1. The highest BCUT2D eigenvalue weighted by atomic mass is 14.6. The lowest BCUT2D eigenvalue weighted by molar-refractivity contribution is 0.576. The second-order valence-electron chi connectivity index (χ2n) is 3.40. The first-order valence-electron chi connectivity index (χ1n) is 4.32. The molecule has 1 heteroatoms. The van der Waals surface area contributed by atoms with Crippen molar-refractivity contribution in [2.45, 2.75) is 6.92 Å². The summed E-state index contributed by atoms with van der Waals surface area (Å²) >= 11 is 0. The van der Waals surface area contributed by atoms with E-state index >= 15 is 0 Å². The summed E-state index contributed by atoms with van der Waals surface area (Å²) in [5.74, 6) is 1.08. The summed E-state index contributed by atoms with van der Waals surface area (Å²) in [6, 6.07) is 0. The Hall–Kier alpha value is -1.24. The predicted octanol–water partition coefficient (Wildman–Crippen LogP) is 2.15. The van der Waals surface area contributed by atoms with Crippen molar-refractivity contribution in [3.63, 3.8) is 0 Å². The van der Waals surface area contributed by atoms with Crippen LogP contribution in [0.3, 0.4) is 0 Å². The highest BCUT2D eigenvalue weighted by Crippen LogP contribution is 2.32. The van der Waals surface area contributed by atoms with Crippen molar-refractivity contribution in [1.29, 1.82) is 0 Å². The van der Waals surface area contributed by atoms with Gasteiger partial charge in [-0.1, -0.05) is 37.3 Å². The zero-order valence-corrected chi connectivity index (χ0v) is 7.20. The summed E-state index contributed by atoms with van der Waals surface area (Å²) in [4.78, 5) is 0. The van der Waals surface area contributed by atoms with Crippen LogP contribution >= 0.6 is 0 Å². The van der Waals surface area contributed by atoms with Gasteiger partial charge in [-0.2, -0.15) is 0 Å². The molecule has 62 valence electrons. The molecule has 0 fully saturated rings. The van der Waals surface area contributed by atoms with E-state index in [9.17, 15) is 0 Å². The van der Waals surface area contributed by atoms with Crippen LogP contribution in [-0.2, 0) is 0 Å². The summed E-state index contributed by atoms with van der Waals surface area (Å²) in [7, 11) is 0. The first-order chi connectivity index (χ1) is 5.79. The molecule has 0 aromatic carbocycles. The molecule has 0 saturated heterocycles. The third-order valence-electron chi connectivity index (χ3n) is 2.54. The second kappa shape index (κ2) is 2.67. The Bertz CT molecular complexity index is 305. The van der Waals surface area contributed by atoms with Gasteiger partial charge in [0.05, 0.1) is 0 Å². The van der Waals surface area contributed by atoms with Crippen LogP contribution in [-0.4, -0.2) is 0 Å². The van der Waals surface area contributed by atoms with Crippen molar-refractivity contribution >= 4 is 0 Å². The molecule has 0 aliphatic heterocycles. The van der Waals surface area contributed by atoms with E-state index in [1.165, 1.54) is 5.57 Å². The maximum atomic E-state index is 5.86. The lowest BCUT2D eigenvalue weighted by atomic mass is 9.80. The number of nitrogens with two attached hydrogens (primary N) is 1. The predicted molar refractivity (Wildman–Crippen MR) is 51.3 cm³/mol. The van der Waals surface area contributed by atoms with Gasteiger partial charge in [0.25, 0.3) is 0 Å². The van der Waals surface area contributed by atoms with Gasteiger partial charge in [0, 0.05) is 11.6 Å². The highest BCUT2D eigenvalue weighted by molar-refractivity contribution is 5.43. The lowest BCUT2D eigenvalue weighted by Crippen LogP contribution is -2.18. The van der Waals surface area contributed by atoms with E-state index in [1.807, 2.05) is 12.2 Å². The first kappa shape index (κ1) is 7.41. The van der Waals surface area contributed by atoms with Gasteiger partial charge in [0.1, 0.15) is 0 Å². The molecule has 0 radical (unpaired) electrons. The molecular formula is C11H13N. The maximum absolute atomic E-state index is 5.86. The van der Waals surface area contributed by atoms with Gasteiger partial charge in [0.15, 0.2) is 0 Å². The maximum Gasteiger partial charge on any atom is 0.0349 e. The summed E-state index contributed by atoms with van der Waals surface area (Å²) in [5.41, 5.74) is 8.05. The number of fused-ring (bicyclic) bond motifs is 1. The van der Waals surface area contributed by atoms with E-state index in [1.54, 1.807) is 0 Å². The summed E-state index contributed by atoms with van der Waals surface area (Å²) in [5, 5.41) is 0. The van der Waals surface area contributed by atoms with E-state index in [0.29, 0.717) is 11.8 Å². The molecule has 1 nitrogen and oxygen atoms in total. The number of hydrogen-bond acceptors (Lipinski definition) is 1. The fourth-order valence-corrected chi connectivity index (χ4v) is 1.78. The van der Waals surface area contributed by atoms with Gasteiger partial charge in [-0.25, -0.2) is 0 Å². The summed E-state index contributed by atoms with van der Waals surface area (Å²) < 4.78 is 0. The van der Waals surface area contributed by atoms with Gasteiger partial charge >= 0.3 is 0 Å². The molecule has 0 aromatic heterocycles.